The Bertz CT molecular complexity index is 808. The van der Waals surface area contributed by atoms with Gasteiger partial charge in [0.25, 0.3) is 0 Å². The summed E-state index contributed by atoms with van der Waals surface area (Å²) in [5.74, 6) is 0.441. The van der Waals surface area contributed by atoms with Gasteiger partial charge in [-0.15, -0.1) is 0 Å². The molecule has 1 aliphatic heterocycles. The van der Waals surface area contributed by atoms with E-state index < -0.39 is 0 Å². The number of amides is 2. The van der Waals surface area contributed by atoms with Crippen LogP contribution < -0.4 is 15.4 Å². The van der Waals surface area contributed by atoms with Crippen LogP contribution in [0.5, 0.6) is 5.75 Å². The third kappa shape index (κ3) is 5.77. The van der Waals surface area contributed by atoms with E-state index in [2.05, 4.69) is 16.7 Å². The molecule has 0 radical (unpaired) electrons. The lowest BCUT2D eigenvalue weighted by atomic mass is 9.87. The summed E-state index contributed by atoms with van der Waals surface area (Å²) >= 11 is 1.23. The molecule has 1 aromatic carbocycles. The molecule has 0 unspecified atom stereocenters. The minimum Gasteiger partial charge on any atom is -0.494 e. The first-order valence-electron chi connectivity index (χ1n) is 10.2. The Hall–Kier alpha value is -2.46. The highest BCUT2D eigenvalue weighted by Gasteiger charge is 2.30. The minimum absolute atomic E-state index is 0.0517. The summed E-state index contributed by atoms with van der Waals surface area (Å²) in [4.78, 5) is 24.6. The topological polar surface area (TPSA) is 91.2 Å². The molecule has 0 aromatic heterocycles. The molecular formula is C22H27N3O3S. The van der Waals surface area contributed by atoms with Gasteiger partial charge in [-0.25, -0.2) is 0 Å². The number of nitrogens with zero attached hydrogens (tertiary/aromatic N) is 1. The van der Waals surface area contributed by atoms with Gasteiger partial charge < -0.3 is 15.4 Å². The van der Waals surface area contributed by atoms with Gasteiger partial charge in [0.15, 0.2) is 0 Å². The van der Waals surface area contributed by atoms with Crippen LogP contribution in [0.15, 0.2) is 34.9 Å². The molecule has 2 aliphatic rings. The van der Waals surface area contributed by atoms with Crippen molar-refractivity contribution >= 4 is 23.6 Å². The predicted octanol–water partition coefficient (Wildman–Crippen LogP) is 3.61. The number of carbonyl (C=O) groups excluding carboxylic acids is 2. The van der Waals surface area contributed by atoms with E-state index in [4.69, 9.17) is 4.74 Å². The van der Waals surface area contributed by atoms with Crippen LogP contribution in [0.1, 0.15) is 56.9 Å². The van der Waals surface area contributed by atoms with Crippen LogP contribution in [0, 0.1) is 11.3 Å². The van der Waals surface area contributed by atoms with Gasteiger partial charge in [0.1, 0.15) is 5.75 Å². The fraction of sp³-hybridized carbons (Fsp3) is 0.500. The summed E-state index contributed by atoms with van der Waals surface area (Å²) in [6.07, 6.45) is 5.81. The minimum atomic E-state index is -0.312. The normalized spacial score (nSPS) is 20.0. The fourth-order valence-corrected chi connectivity index (χ4v) is 4.72. The molecule has 2 amide bonds. The van der Waals surface area contributed by atoms with Crippen molar-refractivity contribution in [2.75, 3.05) is 12.4 Å². The van der Waals surface area contributed by atoms with Gasteiger partial charge >= 0.3 is 0 Å². The van der Waals surface area contributed by atoms with E-state index in [1.165, 1.54) is 18.2 Å². The summed E-state index contributed by atoms with van der Waals surface area (Å²) in [5.41, 5.74) is 1.40. The molecule has 1 atom stereocenters. The Morgan fingerprint density at radius 2 is 2.00 bits per heavy atom. The first kappa shape index (κ1) is 21.3. The molecule has 1 heterocycles. The number of thioether (sulfide) groups is 1. The second-order valence-electron chi connectivity index (χ2n) is 7.35. The van der Waals surface area contributed by atoms with Gasteiger partial charge in [-0.1, -0.05) is 43.2 Å². The largest absolute Gasteiger partial charge is 0.494 e. The molecule has 0 bridgehead atoms. The van der Waals surface area contributed by atoms with Gasteiger partial charge in [-0.2, -0.15) is 5.26 Å². The fourth-order valence-electron chi connectivity index (χ4n) is 3.83. The second kappa shape index (κ2) is 10.4. The molecule has 7 heteroatoms. The maximum Gasteiger partial charge on any atom is 0.230 e. The maximum absolute atomic E-state index is 12.3. The number of hydrogen-bond acceptors (Lipinski definition) is 5. The van der Waals surface area contributed by atoms with Gasteiger partial charge in [-0.05, 0) is 37.5 Å². The Labute approximate surface area is 176 Å². The summed E-state index contributed by atoms with van der Waals surface area (Å²) in [6.45, 7) is 2.50. The van der Waals surface area contributed by atoms with Gasteiger partial charge in [0, 0.05) is 18.4 Å². The SMILES string of the molecule is CCOc1ccc([C@@H]2CC(=O)NC(SCC(=O)NC3CCCCC3)=C2C#N)cc1. The maximum atomic E-state index is 12.3. The Morgan fingerprint density at radius 1 is 1.28 bits per heavy atom. The molecule has 1 aromatic rings. The third-order valence-corrected chi connectivity index (χ3v) is 6.28. The van der Waals surface area contributed by atoms with Crippen LogP contribution in [0.25, 0.3) is 0 Å². The average molecular weight is 414 g/mol. The Morgan fingerprint density at radius 3 is 2.66 bits per heavy atom. The Balaban J connectivity index is 1.69. The molecular weight excluding hydrogens is 386 g/mol. The van der Waals surface area contributed by atoms with E-state index >= 15 is 0 Å². The number of rotatable bonds is 7. The van der Waals surface area contributed by atoms with Crippen molar-refractivity contribution in [1.82, 2.24) is 10.6 Å². The number of nitriles is 1. The summed E-state index contributed by atoms with van der Waals surface area (Å²) in [7, 11) is 0. The van der Waals surface area contributed by atoms with Crippen LogP contribution in [0.3, 0.4) is 0 Å². The summed E-state index contributed by atoms with van der Waals surface area (Å²) in [5, 5.41) is 16.1. The lowest BCUT2D eigenvalue weighted by Gasteiger charge is -2.26. The average Bonchev–Trinajstić information content (AvgIpc) is 2.73. The number of hydrogen-bond donors (Lipinski definition) is 2. The molecule has 0 saturated heterocycles. The van der Waals surface area contributed by atoms with Crippen molar-refractivity contribution in [3.05, 3.63) is 40.4 Å². The number of nitrogens with one attached hydrogen (secondary N) is 2. The van der Waals surface area contributed by atoms with Gasteiger partial charge in [-0.3, -0.25) is 9.59 Å². The van der Waals surface area contributed by atoms with Crippen LogP contribution in [-0.4, -0.2) is 30.2 Å². The lowest BCUT2D eigenvalue weighted by molar-refractivity contribution is -0.121. The molecule has 29 heavy (non-hydrogen) atoms. The molecule has 1 saturated carbocycles. The van der Waals surface area contributed by atoms with Crippen molar-refractivity contribution in [2.24, 2.45) is 0 Å². The first-order valence-corrected chi connectivity index (χ1v) is 11.2. The molecule has 0 spiro atoms. The summed E-state index contributed by atoms with van der Waals surface area (Å²) in [6, 6.07) is 9.99. The highest BCUT2D eigenvalue weighted by molar-refractivity contribution is 8.03. The predicted molar refractivity (Wildman–Crippen MR) is 113 cm³/mol. The highest BCUT2D eigenvalue weighted by atomic mass is 32.2. The van der Waals surface area contributed by atoms with E-state index in [-0.39, 0.29) is 35.9 Å². The van der Waals surface area contributed by atoms with Gasteiger partial charge in [0.05, 0.1) is 29.0 Å². The zero-order valence-corrected chi connectivity index (χ0v) is 17.5. The highest BCUT2D eigenvalue weighted by Crippen LogP contribution is 2.36. The molecule has 1 fully saturated rings. The van der Waals surface area contributed by atoms with Crippen molar-refractivity contribution in [1.29, 1.82) is 5.26 Å². The molecule has 154 valence electrons. The van der Waals surface area contributed by atoms with Gasteiger partial charge in [0.2, 0.25) is 11.8 Å². The molecule has 6 nitrogen and oxygen atoms in total. The molecule has 2 N–H and O–H groups in total. The second-order valence-corrected chi connectivity index (χ2v) is 8.34. The van der Waals surface area contributed by atoms with E-state index in [1.54, 1.807) is 0 Å². The van der Waals surface area contributed by atoms with Crippen LogP contribution in [0.2, 0.25) is 0 Å². The van der Waals surface area contributed by atoms with E-state index in [1.807, 2.05) is 31.2 Å². The van der Waals surface area contributed by atoms with E-state index in [0.29, 0.717) is 17.2 Å². The van der Waals surface area contributed by atoms with Crippen LogP contribution >= 0.6 is 11.8 Å². The zero-order valence-electron chi connectivity index (χ0n) is 16.7. The first-order chi connectivity index (χ1) is 14.1. The van der Waals surface area contributed by atoms with Crippen LogP contribution in [0.4, 0.5) is 0 Å². The zero-order chi connectivity index (χ0) is 20.6. The molecule has 1 aliphatic carbocycles. The number of benzene rings is 1. The smallest absolute Gasteiger partial charge is 0.230 e. The van der Waals surface area contributed by atoms with Crippen molar-refractivity contribution in [3.63, 3.8) is 0 Å². The number of ether oxygens (including phenoxy) is 1. The van der Waals surface area contributed by atoms with Crippen molar-refractivity contribution in [3.8, 4) is 11.8 Å². The standard InChI is InChI=1S/C22H27N3O3S/c1-2-28-17-10-8-15(9-11-17)18-12-20(26)25-22(19(18)13-23)29-14-21(27)24-16-6-4-3-5-7-16/h8-11,16,18H,2-7,12,14H2,1H3,(H,24,27)(H,25,26)/t18-/m0/s1. The monoisotopic (exact) mass is 413 g/mol. The quantitative estimate of drug-likeness (QED) is 0.713. The third-order valence-electron chi connectivity index (χ3n) is 5.27. The van der Waals surface area contributed by atoms with Crippen molar-refractivity contribution in [2.45, 2.75) is 57.4 Å². The Kier molecular flexibility index (Phi) is 7.59. The van der Waals surface area contributed by atoms with E-state index in [9.17, 15) is 14.9 Å². The lowest BCUT2D eigenvalue weighted by Crippen LogP contribution is -2.38. The number of carbonyl (C=O) groups is 2. The van der Waals surface area contributed by atoms with E-state index in [0.717, 1.165) is 37.0 Å². The van der Waals surface area contributed by atoms with Crippen LogP contribution in [-0.2, 0) is 9.59 Å². The molecule has 3 rings (SSSR count). The van der Waals surface area contributed by atoms with Crippen molar-refractivity contribution < 1.29 is 14.3 Å². The number of allylic oxidation sites excluding steroid dienone is 1. The summed E-state index contributed by atoms with van der Waals surface area (Å²) < 4.78 is 5.47.